The first-order valence-electron chi connectivity index (χ1n) is 5.49. The molecule has 2 rings (SSSR count). The van der Waals surface area contributed by atoms with Gasteiger partial charge < -0.3 is 4.84 Å². The highest BCUT2D eigenvalue weighted by Crippen LogP contribution is 2.37. The molecule has 0 saturated heterocycles. The van der Waals surface area contributed by atoms with Crippen LogP contribution in [0.15, 0.2) is 55.2 Å². The monoisotopic (exact) mass is 398 g/mol. The minimum absolute atomic E-state index is 0.0756. The van der Waals surface area contributed by atoms with Crippen LogP contribution in [-0.4, -0.2) is 11.5 Å². The van der Waals surface area contributed by atoms with Crippen LogP contribution in [-0.2, 0) is 4.79 Å². The predicted octanol–water partition coefficient (Wildman–Crippen LogP) is 4.43. The number of nitrogens with zero attached hydrogens (tertiary/aromatic N) is 2. The number of nitroso groups, excluding NO2 is 1. The number of ketones is 1. The van der Waals surface area contributed by atoms with Crippen LogP contribution < -0.4 is 4.84 Å². The topological polar surface area (TPSA) is 68.1 Å². The van der Waals surface area contributed by atoms with E-state index in [1.807, 2.05) is 0 Å². The average molecular weight is 400 g/mol. The fraction of sp³-hybridized carbons (Fsp3) is 0.0769. The summed E-state index contributed by atoms with van der Waals surface area (Å²) in [6.45, 7) is 1.77. The summed E-state index contributed by atoms with van der Waals surface area (Å²) >= 11 is 6.44. The van der Waals surface area contributed by atoms with E-state index in [0.717, 1.165) is 5.57 Å². The number of halogens is 2. The van der Waals surface area contributed by atoms with Gasteiger partial charge in [-0.25, -0.2) is 0 Å². The van der Waals surface area contributed by atoms with Crippen LogP contribution in [0.4, 0.5) is 5.69 Å². The highest BCUT2D eigenvalue weighted by atomic mass is 79.9. The van der Waals surface area contributed by atoms with Crippen molar-refractivity contribution >= 4 is 49.0 Å². The molecule has 0 radical (unpaired) electrons. The zero-order valence-corrected chi connectivity index (χ0v) is 13.4. The number of allylic oxidation sites excluding steroid dienone is 4. The molecular weight excluding hydrogens is 392 g/mol. The second-order valence-electron chi connectivity index (χ2n) is 3.96. The summed E-state index contributed by atoms with van der Waals surface area (Å²) < 4.78 is 0.998. The standard InChI is InChI=1S/C13H8Br2N2O3/c1-7-4-8(18)2-3-12(7)17-20-9-5-10(14)13(16-19)11(15)6-9/h2-6H,1H3. The molecule has 20 heavy (non-hydrogen) atoms. The Bertz CT molecular complexity index is 655. The smallest absolute Gasteiger partial charge is 0.179 e. The van der Waals surface area contributed by atoms with Crippen LogP contribution in [0.25, 0.3) is 0 Å². The molecule has 0 aromatic heterocycles. The molecule has 0 heterocycles. The zero-order chi connectivity index (χ0) is 14.7. The van der Waals surface area contributed by atoms with Crippen molar-refractivity contribution in [3.8, 4) is 5.75 Å². The van der Waals surface area contributed by atoms with Crippen molar-refractivity contribution in [2.45, 2.75) is 6.92 Å². The normalized spacial score (nSPS) is 16.2. The lowest BCUT2D eigenvalue weighted by atomic mass is 10.1. The SMILES string of the molecule is CC1=CC(=O)C=CC1=NOc1cc(Br)c(N=O)c(Br)c1. The summed E-state index contributed by atoms with van der Waals surface area (Å²) in [7, 11) is 0. The summed E-state index contributed by atoms with van der Waals surface area (Å²) in [6, 6.07) is 3.17. The van der Waals surface area contributed by atoms with Gasteiger partial charge in [0.05, 0.1) is 8.95 Å². The predicted molar refractivity (Wildman–Crippen MR) is 83.3 cm³/mol. The Morgan fingerprint density at radius 3 is 2.35 bits per heavy atom. The second-order valence-corrected chi connectivity index (χ2v) is 5.67. The lowest BCUT2D eigenvalue weighted by Crippen LogP contribution is -2.06. The van der Waals surface area contributed by atoms with Gasteiger partial charge in [-0.1, -0.05) is 5.16 Å². The molecule has 5 nitrogen and oxygen atoms in total. The summed E-state index contributed by atoms with van der Waals surface area (Å²) in [6.07, 6.45) is 4.48. The van der Waals surface area contributed by atoms with Crippen LogP contribution in [0.5, 0.6) is 5.75 Å². The first-order chi connectivity index (χ1) is 9.51. The largest absolute Gasteiger partial charge is 0.356 e. The number of oxime groups is 1. The second kappa shape index (κ2) is 6.23. The summed E-state index contributed by atoms with van der Waals surface area (Å²) in [5.41, 5.74) is 1.54. The van der Waals surface area contributed by atoms with Crippen LogP contribution in [0.3, 0.4) is 0 Å². The first-order valence-corrected chi connectivity index (χ1v) is 7.08. The van der Waals surface area contributed by atoms with E-state index in [0.29, 0.717) is 20.4 Å². The zero-order valence-electron chi connectivity index (χ0n) is 10.3. The Morgan fingerprint density at radius 2 is 1.80 bits per heavy atom. The molecule has 7 heteroatoms. The Morgan fingerprint density at radius 1 is 1.15 bits per heavy atom. The minimum Gasteiger partial charge on any atom is -0.356 e. The van der Waals surface area contributed by atoms with Crippen molar-refractivity contribution < 1.29 is 9.63 Å². The van der Waals surface area contributed by atoms with Gasteiger partial charge in [0.15, 0.2) is 11.5 Å². The van der Waals surface area contributed by atoms with Gasteiger partial charge >= 0.3 is 0 Å². The molecule has 0 bridgehead atoms. The maximum Gasteiger partial charge on any atom is 0.179 e. The van der Waals surface area contributed by atoms with E-state index in [2.05, 4.69) is 42.2 Å². The lowest BCUT2D eigenvalue weighted by Gasteiger charge is -2.07. The molecule has 0 N–H and O–H groups in total. The van der Waals surface area contributed by atoms with Crippen molar-refractivity contribution in [2.75, 3.05) is 0 Å². The quantitative estimate of drug-likeness (QED) is 0.429. The number of carbonyl (C=O) groups is 1. The molecule has 0 unspecified atom stereocenters. The maximum absolute atomic E-state index is 11.1. The third-order valence-corrected chi connectivity index (χ3v) is 3.71. The van der Waals surface area contributed by atoms with E-state index in [9.17, 15) is 9.70 Å². The molecule has 1 aliphatic carbocycles. The fourth-order valence-corrected chi connectivity index (χ4v) is 2.80. The van der Waals surface area contributed by atoms with Gasteiger partial charge in [0.1, 0.15) is 11.4 Å². The Labute approximate surface area is 131 Å². The van der Waals surface area contributed by atoms with Crippen LogP contribution in [0, 0.1) is 4.91 Å². The molecule has 1 aromatic carbocycles. The molecule has 0 saturated carbocycles. The van der Waals surface area contributed by atoms with Crippen molar-refractivity contribution in [1.82, 2.24) is 0 Å². The Kier molecular flexibility index (Phi) is 4.61. The van der Waals surface area contributed by atoms with Gasteiger partial charge in [-0.15, -0.1) is 4.91 Å². The van der Waals surface area contributed by atoms with E-state index in [4.69, 9.17) is 4.84 Å². The van der Waals surface area contributed by atoms with Gasteiger partial charge in [-0.3, -0.25) is 4.79 Å². The lowest BCUT2D eigenvalue weighted by molar-refractivity contribution is -0.110. The number of rotatable bonds is 3. The molecule has 1 aromatic rings. The van der Waals surface area contributed by atoms with E-state index < -0.39 is 0 Å². The summed E-state index contributed by atoms with van der Waals surface area (Å²) in [4.78, 5) is 27.0. The first kappa shape index (κ1) is 14.8. The molecule has 1 aliphatic rings. The van der Waals surface area contributed by atoms with Gasteiger partial charge in [-0.05, 0) is 67.8 Å². The third kappa shape index (κ3) is 3.29. The van der Waals surface area contributed by atoms with Gasteiger partial charge in [0.2, 0.25) is 0 Å². The van der Waals surface area contributed by atoms with E-state index >= 15 is 0 Å². The molecule has 0 amide bonds. The van der Waals surface area contributed by atoms with E-state index in [1.165, 1.54) is 12.2 Å². The highest BCUT2D eigenvalue weighted by Gasteiger charge is 2.11. The van der Waals surface area contributed by atoms with Crippen LogP contribution in [0.2, 0.25) is 0 Å². The average Bonchev–Trinajstić information content (AvgIpc) is 2.37. The molecular formula is C13H8Br2N2O3. The summed E-state index contributed by atoms with van der Waals surface area (Å²) in [5, 5.41) is 6.85. The minimum atomic E-state index is -0.0756. The number of carbonyl (C=O) groups excluding carboxylic acids is 1. The van der Waals surface area contributed by atoms with Crippen molar-refractivity contribution in [3.05, 3.63) is 49.8 Å². The maximum atomic E-state index is 11.1. The van der Waals surface area contributed by atoms with Gasteiger partial charge in [-0.2, -0.15) is 0 Å². The fourth-order valence-electron chi connectivity index (χ4n) is 1.51. The Hall–Kier alpha value is -1.60. The number of benzene rings is 1. The molecule has 102 valence electrons. The van der Waals surface area contributed by atoms with Crippen molar-refractivity contribution in [2.24, 2.45) is 10.3 Å². The summed E-state index contributed by atoms with van der Waals surface area (Å²) in [5.74, 6) is 0.357. The molecule has 0 fully saturated rings. The van der Waals surface area contributed by atoms with Crippen LogP contribution >= 0.6 is 31.9 Å². The highest BCUT2D eigenvalue weighted by molar-refractivity contribution is 9.11. The van der Waals surface area contributed by atoms with Gasteiger partial charge in [0.25, 0.3) is 0 Å². The van der Waals surface area contributed by atoms with Crippen molar-refractivity contribution in [3.63, 3.8) is 0 Å². The Balaban J connectivity index is 2.24. The van der Waals surface area contributed by atoms with E-state index in [-0.39, 0.29) is 11.5 Å². The number of hydrogen-bond acceptors (Lipinski definition) is 5. The molecule has 0 atom stereocenters. The molecule has 0 spiro atoms. The number of hydrogen-bond donors (Lipinski definition) is 0. The molecule has 0 aliphatic heterocycles. The third-order valence-electron chi connectivity index (χ3n) is 2.50. The van der Waals surface area contributed by atoms with Crippen LogP contribution in [0.1, 0.15) is 6.92 Å². The van der Waals surface area contributed by atoms with Gasteiger partial charge in [0, 0.05) is 12.1 Å². The van der Waals surface area contributed by atoms with Crippen molar-refractivity contribution in [1.29, 1.82) is 0 Å². The van der Waals surface area contributed by atoms with E-state index in [1.54, 1.807) is 25.1 Å².